The number of benzene rings is 1. The van der Waals surface area contributed by atoms with Crippen LogP contribution in [0.4, 0.5) is 9.80 Å². The zero-order valence-electron chi connectivity index (χ0n) is 15.9. The van der Waals surface area contributed by atoms with Crippen molar-refractivity contribution in [1.29, 1.82) is 0 Å². The van der Waals surface area contributed by atoms with Gasteiger partial charge in [-0.25, -0.2) is 4.79 Å². The number of hydrazone groups is 1. The van der Waals surface area contributed by atoms with Gasteiger partial charge in [0.2, 0.25) is 0 Å². The molecule has 0 unspecified atom stereocenters. The van der Waals surface area contributed by atoms with Crippen molar-refractivity contribution in [1.82, 2.24) is 10.3 Å². The van der Waals surface area contributed by atoms with E-state index in [1.807, 2.05) is 43.3 Å². The second-order valence-electron chi connectivity index (χ2n) is 7.14. The first kappa shape index (κ1) is 18.7. The lowest BCUT2D eigenvalue weighted by atomic mass is 9.87. The predicted octanol–water partition coefficient (Wildman–Crippen LogP) is 3.93. The third-order valence-corrected chi connectivity index (χ3v) is 6.53. The van der Waals surface area contributed by atoms with E-state index >= 15 is 0 Å². The lowest BCUT2D eigenvalue weighted by Crippen LogP contribution is -2.43. The summed E-state index contributed by atoms with van der Waals surface area (Å²) in [6.45, 7) is 4.06. The SMILES string of the molecule is CC[C@@]1(c2ccccc2)NC(=O)N(/N=C\c2ccc(N3CCCCC3)s2)C1=O. The second-order valence-corrected chi connectivity index (χ2v) is 8.23. The number of nitrogens with one attached hydrogen (secondary N) is 1. The summed E-state index contributed by atoms with van der Waals surface area (Å²) in [6.07, 6.45) is 5.81. The quantitative estimate of drug-likeness (QED) is 0.615. The summed E-state index contributed by atoms with van der Waals surface area (Å²) in [7, 11) is 0. The molecule has 0 spiro atoms. The molecular formula is C21H24N4O2S. The van der Waals surface area contributed by atoms with Crippen LogP contribution < -0.4 is 10.2 Å². The average molecular weight is 397 g/mol. The number of carbonyl (C=O) groups excluding carboxylic acids is 2. The highest BCUT2D eigenvalue weighted by molar-refractivity contribution is 7.17. The number of rotatable bonds is 5. The molecule has 7 heteroatoms. The molecule has 0 aliphatic carbocycles. The van der Waals surface area contributed by atoms with Crippen molar-refractivity contribution < 1.29 is 9.59 Å². The molecule has 2 fully saturated rings. The summed E-state index contributed by atoms with van der Waals surface area (Å²) >= 11 is 1.63. The van der Waals surface area contributed by atoms with Crippen LogP contribution >= 0.6 is 11.3 Å². The standard InChI is InChI=1S/C21H24N4O2S/c1-2-21(16-9-5-3-6-10-16)19(26)25(20(27)23-21)22-15-17-11-12-18(28-17)24-13-7-4-8-14-24/h3,5-6,9-12,15H,2,4,7-8,13-14H2,1H3,(H,23,27)/b22-15-/t21-/m0/s1. The number of carbonyl (C=O) groups is 2. The fourth-order valence-electron chi connectivity index (χ4n) is 3.84. The molecule has 0 saturated carbocycles. The van der Waals surface area contributed by atoms with E-state index < -0.39 is 11.6 Å². The smallest absolute Gasteiger partial charge is 0.346 e. The minimum absolute atomic E-state index is 0.338. The van der Waals surface area contributed by atoms with Crippen LogP contribution in [-0.4, -0.2) is 36.3 Å². The van der Waals surface area contributed by atoms with Gasteiger partial charge in [-0.3, -0.25) is 4.79 Å². The van der Waals surface area contributed by atoms with E-state index in [4.69, 9.17) is 0 Å². The minimum atomic E-state index is -1.05. The van der Waals surface area contributed by atoms with Crippen molar-refractivity contribution in [2.45, 2.75) is 38.1 Å². The Morgan fingerprint density at radius 2 is 1.86 bits per heavy atom. The lowest BCUT2D eigenvalue weighted by Gasteiger charge is -2.27. The highest BCUT2D eigenvalue weighted by Gasteiger charge is 2.51. The monoisotopic (exact) mass is 396 g/mol. The first-order valence-electron chi connectivity index (χ1n) is 9.75. The van der Waals surface area contributed by atoms with Gasteiger partial charge in [0, 0.05) is 18.0 Å². The number of urea groups is 1. The summed E-state index contributed by atoms with van der Waals surface area (Å²) < 4.78 is 0. The molecular weight excluding hydrogens is 372 g/mol. The van der Waals surface area contributed by atoms with Gasteiger partial charge in [-0.15, -0.1) is 16.3 Å². The van der Waals surface area contributed by atoms with E-state index in [-0.39, 0.29) is 5.91 Å². The maximum absolute atomic E-state index is 13.1. The van der Waals surface area contributed by atoms with Crippen molar-refractivity contribution in [2.75, 3.05) is 18.0 Å². The van der Waals surface area contributed by atoms with Crippen LogP contribution in [0.2, 0.25) is 0 Å². The molecule has 4 rings (SSSR count). The fourth-order valence-corrected chi connectivity index (χ4v) is 4.76. The molecule has 2 aromatic rings. The van der Waals surface area contributed by atoms with Crippen LogP contribution in [0.25, 0.3) is 0 Å². The number of piperidine rings is 1. The van der Waals surface area contributed by atoms with E-state index in [0.29, 0.717) is 6.42 Å². The molecule has 28 heavy (non-hydrogen) atoms. The highest BCUT2D eigenvalue weighted by Crippen LogP contribution is 2.33. The van der Waals surface area contributed by atoms with Crippen LogP contribution in [-0.2, 0) is 10.3 Å². The Hall–Kier alpha value is -2.67. The van der Waals surface area contributed by atoms with Crippen molar-refractivity contribution in [3.05, 3.63) is 52.9 Å². The summed E-state index contributed by atoms with van der Waals surface area (Å²) in [5.74, 6) is -0.338. The maximum atomic E-state index is 13.1. The largest absolute Gasteiger partial charge is 0.363 e. The number of thiophene rings is 1. The van der Waals surface area contributed by atoms with Crippen LogP contribution in [0.15, 0.2) is 47.6 Å². The molecule has 1 aromatic heterocycles. The Kier molecular flexibility index (Phi) is 5.17. The molecule has 0 bridgehead atoms. The fraction of sp³-hybridized carbons (Fsp3) is 0.381. The molecule has 146 valence electrons. The molecule has 3 amide bonds. The van der Waals surface area contributed by atoms with Gasteiger partial charge in [0.15, 0.2) is 0 Å². The first-order valence-corrected chi connectivity index (χ1v) is 10.6. The van der Waals surface area contributed by atoms with E-state index in [9.17, 15) is 9.59 Å². The third-order valence-electron chi connectivity index (χ3n) is 5.45. The van der Waals surface area contributed by atoms with Crippen LogP contribution in [0.5, 0.6) is 0 Å². The average Bonchev–Trinajstić information content (AvgIpc) is 3.31. The van der Waals surface area contributed by atoms with Gasteiger partial charge in [-0.1, -0.05) is 37.3 Å². The zero-order chi connectivity index (χ0) is 19.6. The number of imide groups is 1. The molecule has 2 aliphatic rings. The minimum Gasteiger partial charge on any atom is -0.363 e. The molecule has 1 N–H and O–H groups in total. The summed E-state index contributed by atoms with van der Waals surface area (Å²) in [4.78, 5) is 28.9. The molecule has 2 saturated heterocycles. The Balaban J connectivity index is 1.53. The normalized spacial score (nSPS) is 22.9. The second kappa shape index (κ2) is 7.75. The third kappa shape index (κ3) is 3.30. The zero-order valence-corrected chi connectivity index (χ0v) is 16.7. The van der Waals surface area contributed by atoms with Crippen molar-refractivity contribution in [3.8, 4) is 0 Å². The van der Waals surface area contributed by atoms with Gasteiger partial charge >= 0.3 is 6.03 Å². The number of nitrogens with zero attached hydrogens (tertiary/aromatic N) is 3. The van der Waals surface area contributed by atoms with Crippen LogP contribution in [0.3, 0.4) is 0 Å². The maximum Gasteiger partial charge on any atom is 0.346 e. The first-order chi connectivity index (χ1) is 13.6. The van der Waals surface area contributed by atoms with E-state index in [2.05, 4.69) is 21.4 Å². The highest BCUT2D eigenvalue weighted by atomic mass is 32.1. The number of anilines is 1. The van der Waals surface area contributed by atoms with Gasteiger partial charge in [-0.05, 0) is 43.4 Å². The van der Waals surface area contributed by atoms with Crippen molar-refractivity contribution >= 4 is 34.5 Å². The Labute approximate surface area is 168 Å². The van der Waals surface area contributed by atoms with E-state index in [0.717, 1.165) is 28.5 Å². The van der Waals surface area contributed by atoms with Gasteiger partial charge in [0.1, 0.15) is 5.54 Å². The van der Waals surface area contributed by atoms with Crippen LogP contribution in [0, 0.1) is 0 Å². The molecule has 3 heterocycles. The predicted molar refractivity (Wildman–Crippen MR) is 112 cm³/mol. The number of hydrogen-bond acceptors (Lipinski definition) is 5. The molecule has 0 radical (unpaired) electrons. The lowest BCUT2D eigenvalue weighted by molar-refractivity contribution is -0.131. The van der Waals surface area contributed by atoms with E-state index in [1.165, 1.54) is 24.3 Å². The summed E-state index contributed by atoms with van der Waals surface area (Å²) in [5, 5.41) is 9.24. The van der Waals surface area contributed by atoms with E-state index in [1.54, 1.807) is 17.6 Å². The van der Waals surface area contributed by atoms with Crippen molar-refractivity contribution in [3.63, 3.8) is 0 Å². The van der Waals surface area contributed by atoms with Gasteiger partial charge in [-0.2, -0.15) is 5.10 Å². The molecule has 2 aliphatic heterocycles. The molecule has 1 aromatic carbocycles. The van der Waals surface area contributed by atoms with Gasteiger partial charge in [0.05, 0.1) is 11.2 Å². The Morgan fingerprint density at radius 3 is 2.57 bits per heavy atom. The topological polar surface area (TPSA) is 65.0 Å². The summed E-state index contributed by atoms with van der Waals surface area (Å²) in [6, 6.07) is 12.9. The molecule has 1 atom stereocenters. The van der Waals surface area contributed by atoms with Gasteiger partial charge in [0.25, 0.3) is 5.91 Å². The van der Waals surface area contributed by atoms with Crippen molar-refractivity contribution in [2.24, 2.45) is 5.10 Å². The molecule has 6 nitrogen and oxygen atoms in total. The van der Waals surface area contributed by atoms with Crippen LogP contribution in [0.1, 0.15) is 43.0 Å². The number of amides is 3. The Morgan fingerprint density at radius 1 is 1.11 bits per heavy atom. The van der Waals surface area contributed by atoms with Gasteiger partial charge < -0.3 is 10.2 Å². The Bertz CT molecular complexity index is 889. The number of hydrogen-bond donors (Lipinski definition) is 1. The summed E-state index contributed by atoms with van der Waals surface area (Å²) in [5.41, 5.74) is -0.276.